The average Bonchev–Trinajstić information content (AvgIpc) is 3.03. The van der Waals surface area contributed by atoms with Crippen LogP contribution in [0.25, 0.3) is 10.9 Å². The number of nitrogens with zero attached hydrogens (tertiary/aromatic N) is 4. The van der Waals surface area contributed by atoms with Crippen molar-refractivity contribution in [3.8, 4) is 0 Å². The van der Waals surface area contributed by atoms with Crippen molar-refractivity contribution in [3.63, 3.8) is 0 Å². The molecule has 1 saturated heterocycles. The summed E-state index contributed by atoms with van der Waals surface area (Å²) < 4.78 is 38.0. The molecule has 0 atom stereocenters. The number of pyridine rings is 2. The van der Waals surface area contributed by atoms with Gasteiger partial charge in [0.1, 0.15) is 17.2 Å². The minimum atomic E-state index is -4.43. The second kappa shape index (κ2) is 9.64. The summed E-state index contributed by atoms with van der Waals surface area (Å²) in [5, 5.41) is 4.18. The molecule has 2 aromatic carbocycles. The molecular weight excluding hydrogens is 515 g/mol. The fraction of sp³-hybridized carbons (Fsp3) is 0.185. The van der Waals surface area contributed by atoms with E-state index in [4.69, 9.17) is 0 Å². The molecule has 3 heterocycles. The topological polar surface area (TPSA) is 78.4 Å². The lowest BCUT2D eigenvalue weighted by atomic mass is 10.0. The van der Waals surface area contributed by atoms with Gasteiger partial charge >= 0.3 is 11.5 Å². The highest BCUT2D eigenvalue weighted by Crippen LogP contribution is 2.39. The second-order valence-corrected chi connectivity index (χ2v) is 10.3. The molecule has 0 aliphatic carbocycles. The van der Waals surface area contributed by atoms with Gasteiger partial charge in [0.25, 0.3) is 5.91 Å². The number of carbonyl (C=O) groups excluding carboxylic acids is 2. The number of amides is 3. The van der Waals surface area contributed by atoms with Gasteiger partial charge in [-0.15, -0.1) is 0 Å². The van der Waals surface area contributed by atoms with E-state index in [9.17, 15) is 22.8 Å². The zero-order chi connectivity index (χ0) is 27.1. The Labute approximate surface area is 220 Å². The van der Waals surface area contributed by atoms with Gasteiger partial charge in [-0.2, -0.15) is 13.2 Å². The Morgan fingerprint density at radius 1 is 0.947 bits per heavy atom. The summed E-state index contributed by atoms with van der Waals surface area (Å²) in [6.45, 7) is 3.40. The van der Waals surface area contributed by atoms with Gasteiger partial charge in [-0.1, -0.05) is 18.2 Å². The van der Waals surface area contributed by atoms with Crippen LogP contribution in [0.4, 0.5) is 35.3 Å². The van der Waals surface area contributed by atoms with Crippen LogP contribution in [-0.2, 0) is 11.3 Å². The number of para-hydroxylation sites is 1. The molecule has 1 aliphatic rings. The Balaban J connectivity index is 1.34. The standard InChI is InChI=1S/C27H22F3N5O2S/c1-26(2)24(36)35(19-8-10-20(11-9-19)38-27(28,29)30)25(37)34(26)16-17-13-14-31-23(15-17)33-22-12-7-18-5-3-4-6-21(18)32-22/h3-15H,16H2,1-2H3,(H,31,32,33). The maximum Gasteiger partial charge on any atom is 0.446 e. The summed E-state index contributed by atoms with van der Waals surface area (Å²) in [6.07, 6.45) is 1.60. The van der Waals surface area contributed by atoms with Gasteiger partial charge in [-0.25, -0.2) is 19.7 Å². The van der Waals surface area contributed by atoms with E-state index >= 15 is 0 Å². The van der Waals surface area contributed by atoms with Crippen molar-refractivity contribution in [2.75, 3.05) is 10.2 Å². The van der Waals surface area contributed by atoms with E-state index in [1.165, 1.54) is 29.2 Å². The van der Waals surface area contributed by atoms with E-state index < -0.39 is 23.0 Å². The van der Waals surface area contributed by atoms with Crippen LogP contribution in [0.5, 0.6) is 0 Å². The number of thioether (sulfide) groups is 1. The first-order valence-electron chi connectivity index (χ1n) is 11.6. The Bertz CT molecular complexity index is 1530. The van der Waals surface area contributed by atoms with Crippen LogP contribution in [0.15, 0.2) is 83.9 Å². The summed E-state index contributed by atoms with van der Waals surface area (Å²) in [5.41, 5.74) is -3.82. The maximum absolute atomic E-state index is 13.4. The molecular formula is C27H22F3N5O2S. The number of fused-ring (bicyclic) bond motifs is 1. The number of halogens is 3. The van der Waals surface area contributed by atoms with Gasteiger partial charge in [0, 0.05) is 23.0 Å². The number of anilines is 3. The van der Waals surface area contributed by atoms with E-state index in [1.807, 2.05) is 36.4 Å². The van der Waals surface area contributed by atoms with Gasteiger partial charge in [-0.05, 0) is 85.8 Å². The van der Waals surface area contributed by atoms with Crippen LogP contribution in [0.3, 0.4) is 0 Å². The van der Waals surface area contributed by atoms with Crippen LogP contribution in [-0.4, -0.2) is 37.9 Å². The minimum absolute atomic E-state index is 0.0332. The van der Waals surface area contributed by atoms with Crippen molar-refractivity contribution in [3.05, 3.63) is 84.6 Å². The summed E-state index contributed by atoms with van der Waals surface area (Å²) in [7, 11) is 0. The fourth-order valence-corrected chi connectivity index (χ4v) is 4.76. The average molecular weight is 538 g/mol. The molecule has 1 aliphatic heterocycles. The van der Waals surface area contributed by atoms with Crippen molar-refractivity contribution in [1.29, 1.82) is 0 Å². The number of hydrogen-bond acceptors (Lipinski definition) is 6. The number of aromatic nitrogens is 2. The number of nitrogens with one attached hydrogen (secondary N) is 1. The van der Waals surface area contributed by atoms with Crippen molar-refractivity contribution in [2.45, 2.75) is 36.3 Å². The van der Waals surface area contributed by atoms with Crippen molar-refractivity contribution >= 4 is 51.9 Å². The van der Waals surface area contributed by atoms with Crippen LogP contribution >= 0.6 is 11.8 Å². The highest BCUT2D eigenvalue weighted by atomic mass is 32.2. The quantitative estimate of drug-likeness (QED) is 0.217. The van der Waals surface area contributed by atoms with Crippen molar-refractivity contribution in [2.24, 2.45) is 0 Å². The van der Waals surface area contributed by atoms with Crippen molar-refractivity contribution < 1.29 is 22.8 Å². The lowest BCUT2D eigenvalue weighted by Crippen LogP contribution is -2.43. The Hall–Kier alpha value is -4.12. The molecule has 1 N–H and O–H groups in total. The number of carbonyl (C=O) groups is 2. The number of rotatable bonds is 6. The molecule has 2 aromatic heterocycles. The van der Waals surface area contributed by atoms with E-state index in [-0.39, 0.29) is 28.9 Å². The van der Waals surface area contributed by atoms with Crippen LogP contribution in [0, 0.1) is 0 Å². The van der Waals surface area contributed by atoms with E-state index in [1.54, 1.807) is 32.2 Å². The highest BCUT2D eigenvalue weighted by Gasteiger charge is 2.51. The molecule has 1 fully saturated rings. The van der Waals surface area contributed by atoms with Gasteiger partial charge in [0.2, 0.25) is 0 Å². The second-order valence-electron chi connectivity index (χ2n) is 9.17. The largest absolute Gasteiger partial charge is 0.446 e. The lowest BCUT2D eigenvalue weighted by molar-refractivity contribution is -0.123. The minimum Gasteiger partial charge on any atom is -0.325 e. The molecule has 0 saturated carbocycles. The molecule has 0 spiro atoms. The first-order chi connectivity index (χ1) is 18.0. The van der Waals surface area contributed by atoms with Crippen molar-refractivity contribution in [1.82, 2.24) is 14.9 Å². The SMILES string of the molecule is CC1(C)C(=O)N(c2ccc(SC(F)(F)F)cc2)C(=O)N1Cc1ccnc(Nc2ccc3ccccc3n2)c1. The molecule has 38 heavy (non-hydrogen) atoms. The van der Waals surface area contributed by atoms with Crippen LogP contribution < -0.4 is 10.2 Å². The number of alkyl halides is 3. The Morgan fingerprint density at radius 3 is 2.42 bits per heavy atom. The normalized spacial score (nSPS) is 15.4. The first kappa shape index (κ1) is 25.5. The van der Waals surface area contributed by atoms with E-state index in [0.29, 0.717) is 11.6 Å². The fourth-order valence-electron chi connectivity index (χ4n) is 4.22. The smallest absolute Gasteiger partial charge is 0.325 e. The summed E-state index contributed by atoms with van der Waals surface area (Å²) in [4.78, 5) is 37.9. The van der Waals surface area contributed by atoms with Crippen LogP contribution in [0.1, 0.15) is 19.4 Å². The van der Waals surface area contributed by atoms with Gasteiger partial charge < -0.3 is 10.2 Å². The number of hydrogen-bond donors (Lipinski definition) is 1. The highest BCUT2D eigenvalue weighted by molar-refractivity contribution is 8.00. The Morgan fingerprint density at radius 2 is 1.68 bits per heavy atom. The predicted octanol–water partition coefficient (Wildman–Crippen LogP) is 6.73. The molecule has 0 unspecified atom stereocenters. The summed E-state index contributed by atoms with van der Waals surface area (Å²) in [6, 6.07) is 19.7. The van der Waals surface area contributed by atoms with Gasteiger partial charge in [-0.3, -0.25) is 4.79 Å². The Kier molecular flexibility index (Phi) is 6.47. The third-order valence-electron chi connectivity index (χ3n) is 6.17. The monoisotopic (exact) mass is 537 g/mol. The third-order valence-corrected chi connectivity index (χ3v) is 6.91. The molecule has 5 rings (SSSR count). The van der Waals surface area contributed by atoms with Crippen LogP contribution in [0.2, 0.25) is 0 Å². The molecule has 7 nitrogen and oxygen atoms in total. The number of imide groups is 1. The van der Waals surface area contributed by atoms with Gasteiger partial charge in [0.05, 0.1) is 11.2 Å². The predicted molar refractivity (Wildman–Crippen MR) is 140 cm³/mol. The maximum atomic E-state index is 13.4. The number of benzene rings is 2. The zero-order valence-corrected chi connectivity index (χ0v) is 21.2. The summed E-state index contributed by atoms with van der Waals surface area (Å²) >= 11 is -0.257. The van der Waals surface area contributed by atoms with E-state index in [2.05, 4.69) is 15.3 Å². The van der Waals surface area contributed by atoms with Gasteiger partial charge in [0.15, 0.2) is 0 Å². The zero-order valence-electron chi connectivity index (χ0n) is 20.4. The molecule has 0 bridgehead atoms. The first-order valence-corrected chi connectivity index (χ1v) is 12.4. The molecule has 3 amide bonds. The lowest BCUT2D eigenvalue weighted by Gasteiger charge is -2.27. The molecule has 0 radical (unpaired) electrons. The molecule has 11 heteroatoms. The molecule has 194 valence electrons. The molecule has 4 aromatic rings. The number of urea groups is 1. The summed E-state index contributed by atoms with van der Waals surface area (Å²) in [5.74, 6) is 0.668. The third kappa shape index (κ3) is 5.14. The van der Waals surface area contributed by atoms with E-state index in [0.717, 1.165) is 21.4 Å².